The topological polar surface area (TPSA) is 21.3 Å². The molecule has 0 saturated carbocycles. The SMILES string of the molecule is Cc1ccc(C)c(OCCNc2ccc(Cl)c(Cl)c2)c1. The maximum Gasteiger partial charge on any atom is 0.122 e. The van der Waals surface area contributed by atoms with Gasteiger partial charge in [0.15, 0.2) is 0 Å². The van der Waals surface area contributed by atoms with E-state index in [4.69, 9.17) is 27.9 Å². The first-order valence-corrected chi connectivity index (χ1v) is 7.21. The smallest absolute Gasteiger partial charge is 0.122 e. The van der Waals surface area contributed by atoms with E-state index in [1.165, 1.54) is 5.56 Å². The Bertz CT molecular complexity index is 599. The van der Waals surface area contributed by atoms with Gasteiger partial charge in [0.25, 0.3) is 0 Å². The maximum absolute atomic E-state index is 5.96. The number of benzene rings is 2. The predicted molar refractivity (Wildman–Crippen MR) is 86.4 cm³/mol. The predicted octanol–water partition coefficient (Wildman–Crippen LogP) is 5.10. The molecule has 0 atom stereocenters. The Balaban J connectivity index is 1.84. The van der Waals surface area contributed by atoms with Crippen LogP contribution in [0.1, 0.15) is 11.1 Å². The first kappa shape index (κ1) is 15.0. The zero-order chi connectivity index (χ0) is 14.5. The second-order valence-corrected chi connectivity index (χ2v) is 5.49. The third-order valence-corrected chi connectivity index (χ3v) is 3.69. The molecule has 4 heteroatoms. The van der Waals surface area contributed by atoms with Crippen LogP contribution < -0.4 is 10.1 Å². The van der Waals surface area contributed by atoms with Gasteiger partial charge in [0.1, 0.15) is 12.4 Å². The molecule has 0 aliphatic heterocycles. The highest BCUT2D eigenvalue weighted by molar-refractivity contribution is 6.42. The van der Waals surface area contributed by atoms with Crippen LogP contribution in [0, 0.1) is 13.8 Å². The second-order valence-electron chi connectivity index (χ2n) is 4.67. The Morgan fingerprint density at radius 2 is 1.80 bits per heavy atom. The van der Waals surface area contributed by atoms with E-state index in [9.17, 15) is 0 Å². The summed E-state index contributed by atoms with van der Waals surface area (Å²) >= 11 is 11.8. The van der Waals surface area contributed by atoms with Crippen LogP contribution >= 0.6 is 23.2 Å². The zero-order valence-electron chi connectivity index (χ0n) is 11.5. The van der Waals surface area contributed by atoms with Crippen molar-refractivity contribution in [2.45, 2.75) is 13.8 Å². The summed E-state index contributed by atoms with van der Waals surface area (Å²) in [6.45, 7) is 5.39. The van der Waals surface area contributed by atoms with Crippen molar-refractivity contribution in [3.63, 3.8) is 0 Å². The molecule has 2 aromatic rings. The van der Waals surface area contributed by atoms with Crippen LogP contribution in [0.2, 0.25) is 10.0 Å². The molecule has 0 aromatic heterocycles. The number of halogens is 2. The highest BCUT2D eigenvalue weighted by Gasteiger charge is 2.01. The average Bonchev–Trinajstić information content (AvgIpc) is 2.42. The van der Waals surface area contributed by atoms with Gasteiger partial charge in [0.05, 0.1) is 10.0 Å². The first-order chi connectivity index (χ1) is 9.56. The van der Waals surface area contributed by atoms with Crippen molar-refractivity contribution in [1.29, 1.82) is 0 Å². The summed E-state index contributed by atoms with van der Waals surface area (Å²) < 4.78 is 5.77. The molecule has 0 saturated heterocycles. The molecule has 0 radical (unpaired) electrons. The highest BCUT2D eigenvalue weighted by atomic mass is 35.5. The zero-order valence-corrected chi connectivity index (χ0v) is 13.1. The summed E-state index contributed by atoms with van der Waals surface area (Å²) in [5, 5.41) is 4.36. The van der Waals surface area contributed by atoms with Gasteiger partial charge < -0.3 is 10.1 Å². The Hall–Kier alpha value is -1.38. The molecule has 0 heterocycles. The summed E-state index contributed by atoms with van der Waals surface area (Å²) in [4.78, 5) is 0. The number of rotatable bonds is 5. The van der Waals surface area contributed by atoms with Crippen LogP contribution in [0.3, 0.4) is 0 Å². The van der Waals surface area contributed by atoms with Crippen molar-refractivity contribution >= 4 is 28.9 Å². The van der Waals surface area contributed by atoms with Crippen LogP contribution in [-0.4, -0.2) is 13.2 Å². The molecule has 2 rings (SSSR count). The molecule has 1 N–H and O–H groups in total. The van der Waals surface area contributed by atoms with Crippen LogP contribution in [0.25, 0.3) is 0 Å². The molecule has 0 amide bonds. The van der Waals surface area contributed by atoms with Gasteiger partial charge in [0.2, 0.25) is 0 Å². The van der Waals surface area contributed by atoms with Gasteiger partial charge in [-0.3, -0.25) is 0 Å². The summed E-state index contributed by atoms with van der Waals surface area (Å²) in [6, 6.07) is 11.7. The molecule has 0 aliphatic rings. The summed E-state index contributed by atoms with van der Waals surface area (Å²) in [6.07, 6.45) is 0. The normalized spacial score (nSPS) is 10.4. The second kappa shape index (κ2) is 6.87. The van der Waals surface area contributed by atoms with E-state index in [2.05, 4.69) is 30.4 Å². The Morgan fingerprint density at radius 3 is 2.55 bits per heavy atom. The van der Waals surface area contributed by atoms with Gasteiger partial charge in [-0.25, -0.2) is 0 Å². The molecule has 0 fully saturated rings. The third kappa shape index (κ3) is 4.06. The van der Waals surface area contributed by atoms with Crippen molar-refractivity contribution in [2.75, 3.05) is 18.5 Å². The molecular weight excluding hydrogens is 293 g/mol. The lowest BCUT2D eigenvalue weighted by Gasteiger charge is -2.11. The van der Waals surface area contributed by atoms with Gasteiger partial charge in [-0.2, -0.15) is 0 Å². The standard InChI is InChI=1S/C16H17Cl2NO/c1-11-3-4-12(2)16(9-11)20-8-7-19-13-5-6-14(17)15(18)10-13/h3-6,9-10,19H,7-8H2,1-2H3. The highest BCUT2D eigenvalue weighted by Crippen LogP contribution is 2.25. The number of nitrogens with one attached hydrogen (secondary N) is 1. The minimum Gasteiger partial charge on any atom is -0.491 e. The molecule has 0 spiro atoms. The summed E-state index contributed by atoms with van der Waals surface area (Å²) in [7, 11) is 0. The Kier molecular flexibility index (Phi) is 5.16. The molecule has 0 unspecified atom stereocenters. The number of ether oxygens (including phenoxy) is 1. The van der Waals surface area contributed by atoms with Gasteiger partial charge in [-0.15, -0.1) is 0 Å². The van der Waals surface area contributed by atoms with Crippen LogP contribution in [0.4, 0.5) is 5.69 Å². The average molecular weight is 310 g/mol. The van der Waals surface area contributed by atoms with Crippen LogP contribution in [0.15, 0.2) is 36.4 Å². The van der Waals surface area contributed by atoms with Gasteiger partial charge in [-0.05, 0) is 49.2 Å². The van der Waals surface area contributed by atoms with Crippen molar-refractivity contribution in [3.05, 3.63) is 57.6 Å². The van der Waals surface area contributed by atoms with E-state index in [-0.39, 0.29) is 0 Å². The minimum atomic E-state index is 0.548. The fraction of sp³-hybridized carbons (Fsp3) is 0.250. The maximum atomic E-state index is 5.96. The van der Waals surface area contributed by atoms with Crippen molar-refractivity contribution in [2.24, 2.45) is 0 Å². The lowest BCUT2D eigenvalue weighted by atomic mass is 10.1. The quantitative estimate of drug-likeness (QED) is 0.776. The largest absolute Gasteiger partial charge is 0.491 e. The summed E-state index contributed by atoms with van der Waals surface area (Å²) in [5.74, 6) is 0.931. The van der Waals surface area contributed by atoms with Crippen molar-refractivity contribution < 1.29 is 4.74 Å². The summed E-state index contributed by atoms with van der Waals surface area (Å²) in [5.41, 5.74) is 3.28. The van der Waals surface area contributed by atoms with E-state index >= 15 is 0 Å². The number of hydrogen-bond donors (Lipinski definition) is 1. The number of anilines is 1. The van der Waals surface area contributed by atoms with Crippen molar-refractivity contribution in [1.82, 2.24) is 0 Å². The van der Waals surface area contributed by atoms with E-state index in [0.29, 0.717) is 23.2 Å². The molecule has 0 aliphatic carbocycles. The van der Waals surface area contributed by atoms with Crippen LogP contribution in [0.5, 0.6) is 5.75 Å². The molecule has 20 heavy (non-hydrogen) atoms. The lowest BCUT2D eigenvalue weighted by Crippen LogP contribution is -2.12. The number of aryl methyl sites for hydroxylation is 2. The van der Waals surface area contributed by atoms with E-state index in [1.807, 2.05) is 19.1 Å². The molecular formula is C16H17Cl2NO. The number of hydrogen-bond acceptors (Lipinski definition) is 2. The molecule has 106 valence electrons. The van der Waals surface area contributed by atoms with Crippen LogP contribution in [-0.2, 0) is 0 Å². The Morgan fingerprint density at radius 1 is 1.00 bits per heavy atom. The van der Waals surface area contributed by atoms with Gasteiger partial charge in [-0.1, -0.05) is 35.3 Å². The van der Waals surface area contributed by atoms with Gasteiger partial charge >= 0.3 is 0 Å². The fourth-order valence-electron chi connectivity index (χ4n) is 1.83. The molecule has 2 aromatic carbocycles. The van der Waals surface area contributed by atoms with Crippen molar-refractivity contribution in [3.8, 4) is 5.75 Å². The first-order valence-electron chi connectivity index (χ1n) is 6.45. The van der Waals surface area contributed by atoms with Gasteiger partial charge in [0, 0.05) is 12.2 Å². The van der Waals surface area contributed by atoms with E-state index in [1.54, 1.807) is 6.07 Å². The fourth-order valence-corrected chi connectivity index (χ4v) is 2.12. The molecule has 2 nitrogen and oxygen atoms in total. The minimum absolute atomic E-state index is 0.548. The van der Waals surface area contributed by atoms with E-state index < -0.39 is 0 Å². The molecule has 0 bridgehead atoms. The third-order valence-electron chi connectivity index (χ3n) is 2.95. The Labute approximate surface area is 129 Å². The monoisotopic (exact) mass is 309 g/mol. The lowest BCUT2D eigenvalue weighted by molar-refractivity contribution is 0.330. The van der Waals surface area contributed by atoms with E-state index in [0.717, 1.165) is 17.0 Å².